The number of likely N-dealkylation sites (tertiary alicyclic amines) is 1. The van der Waals surface area contributed by atoms with E-state index in [2.05, 4.69) is 4.90 Å². The summed E-state index contributed by atoms with van der Waals surface area (Å²) in [5.41, 5.74) is -5.15. The maximum atomic E-state index is 15.0. The summed E-state index contributed by atoms with van der Waals surface area (Å²) < 4.78 is 102. The summed E-state index contributed by atoms with van der Waals surface area (Å²) in [5, 5.41) is 11.4. The number of sulfone groups is 1. The van der Waals surface area contributed by atoms with Gasteiger partial charge in [0.25, 0.3) is 0 Å². The molecule has 0 amide bonds. The smallest absolute Gasteiger partial charge is 0.382 e. The first-order chi connectivity index (χ1) is 20.6. The van der Waals surface area contributed by atoms with Crippen LogP contribution in [0.5, 0.6) is 0 Å². The fourth-order valence-corrected chi connectivity index (χ4v) is 10.4. The van der Waals surface area contributed by atoms with Crippen LogP contribution in [0.4, 0.5) is 22.0 Å². The molecule has 2 aromatic carbocycles. The number of aliphatic hydroxyl groups is 1. The van der Waals surface area contributed by atoms with Gasteiger partial charge in [-0.2, -0.15) is 13.2 Å². The molecule has 1 N–H and O–H groups in total. The average Bonchev–Trinajstić information content (AvgIpc) is 3.33. The van der Waals surface area contributed by atoms with Crippen LogP contribution in [0.2, 0.25) is 0 Å². The molecular formula is C32H36F5NO5S. The lowest BCUT2D eigenvalue weighted by Crippen LogP contribution is -2.57. The van der Waals surface area contributed by atoms with E-state index in [1.54, 1.807) is 0 Å². The number of halogens is 5. The van der Waals surface area contributed by atoms with Crippen LogP contribution >= 0.6 is 0 Å². The minimum atomic E-state index is -5.17. The van der Waals surface area contributed by atoms with Gasteiger partial charge in [0.1, 0.15) is 16.2 Å². The van der Waals surface area contributed by atoms with Crippen molar-refractivity contribution in [3.8, 4) is 0 Å². The van der Waals surface area contributed by atoms with E-state index in [0.29, 0.717) is 50.8 Å². The van der Waals surface area contributed by atoms with Crippen LogP contribution in [0, 0.1) is 17.7 Å². The summed E-state index contributed by atoms with van der Waals surface area (Å²) in [4.78, 5) is 15.7. The van der Waals surface area contributed by atoms with Crippen molar-refractivity contribution >= 4 is 15.6 Å². The Morgan fingerprint density at radius 1 is 1.02 bits per heavy atom. The van der Waals surface area contributed by atoms with Crippen molar-refractivity contribution in [1.82, 2.24) is 4.90 Å². The van der Waals surface area contributed by atoms with Crippen LogP contribution in [-0.4, -0.2) is 68.3 Å². The van der Waals surface area contributed by atoms with Crippen molar-refractivity contribution in [2.75, 3.05) is 26.3 Å². The molecular weight excluding hydrogens is 605 g/mol. The summed E-state index contributed by atoms with van der Waals surface area (Å²) in [5.74, 6) is -1.95. The molecule has 2 heterocycles. The number of rotatable bonds is 7. The van der Waals surface area contributed by atoms with E-state index in [0.717, 1.165) is 24.3 Å². The Labute approximate surface area is 253 Å². The number of piperidine rings is 1. The Hall–Kier alpha value is -2.41. The number of carbonyl (C=O) groups is 1. The molecule has 4 atom stereocenters. The predicted molar refractivity (Wildman–Crippen MR) is 151 cm³/mol. The van der Waals surface area contributed by atoms with Crippen molar-refractivity contribution in [2.45, 2.75) is 85.0 Å². The van der Waals surface area contributed by atoms with Gasteiger partial charge in [-0.15, -0.1) is 0 Å². The molecule has 12 heteroatoms. The monoisotopic (exact) mass is 641 g/mol. The normalized spacial score (nSPS) is 28.9. The fraction of sp³-hybridized carbons (Fsp3) is 0.594. The summed E-state index contributed by atoms with van der Waals surface area (Å²) >= 11 is 0. The first-order valence-corrected chi connectivity index (χ1v) is 16.6. The zero-order chi connectivity index (χ0) is 31.7. The van der Waals surface area contributed by atoms with Gasteiger partial charge in [0.05, 0.1) is 24.2 Å². The molecule has 0 bridgehead atoms. The van der Waals surface area contributed by atoms with E-state index in [4.69, 9.17) is 4.74 Å². The van der Waals surface area contributed by atoms with Gasteiger partial charge in [0, 0.05) is 19.5 Å². The van der Waals surface area contributed by atoms with Crippen LogP contribution in [0.1, 0.15) is 62.1 Å². The lowest BCUT2D eigenvalue weighted by atomic mass is 9.71. The Kier molecular flexibility index (Phi) is 7.78. The highest BCUT2D eigenvalue weighted by Crippen LogP contribution is 2.60. The van der Waals surface area contributed by atoms with Crippen LogP contribution in [0.15, 0.2) is 47.4 Å². The summed E-state index contributed by atoms with van der Waals surface area (Å²) in [6.45, 7) is 2.80. The lowest BCUT2D eigenvalue weighted by Gasteiger charge is -2.45. The Morgan fingerprint density at radius 3 is 2.27 bits per heavy atom. The molecule has 0 spiro atoms. The third-order valence-corrected chi connectivity index (χ3v) is 13.3. The van der Waals surface area contributed by atoms with Crippen molar-refractivity contribution in [1.29, 1.82) is 0 Å². The van der Waals surface area contributed by atoms with Crippen LogP contribution in [0.3, 0.4) is 0 Å². The summed E-state index contributed by atoms with van der Waals surface area (Å²) in [7, 11) is -4.26. The topological polar surface area (TPSA) is 83.9 Å². The molecule has 2 saturated heterocycles. The lowest BCUT2D eigenvalue weighted by molar-refractivity contribution is -0.228. The first-order valence-electron chi connectivity index (χ1n) is 15.1. The Bertz CT molecular complexity index is 1530. The van der Waals surface area contributed by atoms with Gasteiger partial charge in [-0.05, 0) is 98.2 Å². The second kappa shape index (κ2) is 10.8. The minimum Gasteiger partial charge on any atom is -0.382 e. The van der Waals surface area contributed by atoms with Gasteiger partial charge in [0.2, 0.25) is 5.67 Å². The quantitative estimate of drug-likeness (QED) is 0.322. The molecule has 44 heavy (non-hydrogen) atoms. The number of ketones is 1. The first kappa shape index (κ1) is 31.6. The second-order valence-electron chi connectivity index (χ2n) is 13.0. The van der Waals surface area contributed by atoms with E-state index >= 15 is 0 Å². The number of benzene rings is 2. The number of carbonyl (C=O) groups excluding carboxylic acids is 1. The third kappa shape index (κ3) is 4.91. The number of alkyl halides is 4. The molecule has 4 aliphatic rings. The highest BCUT2D eigenvalue weighted by Gasteiger charge is 2.61. The highest BCUT2D eigenvalue weighted by molar-refractivity contribution is 7.92. The fourth-order valence-electron chi connectivity index (χ4n) is 7.90. The predicted octanol–water partition coefficient (Wildman–Crippen LogP) is 5.40. The number of hydrogen-bond acceptors (Lipinski definition) is 6. The zero-order valence-corrected chi connectivity index (χ0v) is 25.2. The van der Waals surface area contributed by atoms with E-state index < -0.39 is 55.2 Å². The summed E-state index contributed by atoms with van der Waals surface area (Å²) in [6.07, 6.45) is -3.79. The van der Waals surface area contributed by atoms with Crippen LogP contribution in [-0.2, 0) is 36.2 Å². The number of aryl methyl sites for hydroxylation is 1. The molecule has 1 saturated carbocycles. The van der Waals surface area contributed by atoms with Gasteiger partial charge >= 0.3 is 6.18 Å². The Morgan fingerprint density at radius 2 is 1.68 bits per heavy atom. The van der Waals surface area contributed by atoms with E-state index in [9.17, 15) is 40.3 Å². The maximum absolute atomic E-state index is 15.0. The zero-order valence-electron chi connectivity index (χ0n) is 24.4. The van der Waals surface area contributed by atoms with Crippen LogP contribution in [0.25, 0.3) is 0 Å². The van der Waals surface area contributed by atoms with Crippen molar-refractivity contribution in [3.05, 3.63) is 65.0 Å². The van der Waals surface area contributed by atoms with Gasteiger partial charge < -0.3 is 9.84 Å². The van der Waals surface area contributed by atoms with Crippen molar-refractivity contribution < 1.29 is 45.0 Å². The molecule has 240 valence electrons. The number of Topliss-reactive ketones (excluding diaryl/α,β-unsaturated/α-hetero) is 1. The molecule has 1 unspecified atom stereocenters. The average molecular weight is 642 g/mol. The van der Waals surface area contributed by atoms with Crippen molar-refractivity contribution in [2.24, 2.45) is 11.8 Å². The standard InChI is InChI=1S/C32H36F5NO5S/c1-29(34,32(35,36)37)22-3-9-27-20(16-22)2-8-26-21(10-11-31(26,27)44(41,42)25-6-4-23(33)5-7-25)17-28(39)30(40)12-14-38(15-13-30)24-18-43-19-24/h3-7,9,16,21,24,26,40H,2,8,10-15,17-19H2,1H3/t21-,26-,29?,31-/m0/s1. The molecule has 3 fully saturated rings. The minimum absolute atomic E-state index is 0.0293. The molecule has 2 aliphatic carbocycles. The number of fused-ring (bicyclic) bond motifs is 3. The molecule has 6 nitrogen and oxygen atoms in total. The van der Waals surface area contributed by atoms with Gasteiger partial charge in [0.15, 0.2) is 15.6 Å². The molecule has 6 rings (SSSR count). The molecule has 0 radical (unpaired) electrons. The van der Waals surface area contributed by atoms with Crippen LogP contribution < -0.4 is 0 Å². The molecule has 0 aromatic heterocycles. The van der Waals surface area contributed by atoms with Gasteiger partial charge in [-0.1, -0.05) is 18.2 Å². The van der Waals surface area contributed by atoms with E-state index in [1.165, 1.54) is 18.2 Å². The Balaban J connectivity index is 1.34. The summed E-state index contributed by atoms with van der Waals surface area (Å²) in [6, 6.07) is 8.11. The van der Waals surface area contributed by atoms with Crippen molar-refractivity contribution in [3.63, 3.8) is 0 Å². The number of hydrogen-bond donors (Lipinski definition) is 1. The SMILES string of the molecule is CC(F)(c1ccc2c(c1)CC[C@H]1[C@H](CC(=O)C3(O)CCN(C4COC4)CC3)CC[C@@]21S(=O)(=O)c1ccc(F)cc1)C(F)(F)F. The van der Waals surface area contributed by atoms with Gasteiger partial charge in [-0.3, -0.25) is 9.69 Å². The second-order valence-corrected chi connectivity index (χ2v) is 15.3. The number of nitrogens with zero attached hydrogens (tertiary/aromatic N) is 1. The molecule has 2 aliphatic heterocycles. The third-order valence-electron chi connectivity index (χ3n) is 10.7. The molecule has 2 aromatic rings. The van der Waals surface area contributed by atoms with Gasteiger partial charge in [-0.25, -0.2) is 17.2 Å². The largest absolute Gasteiger partial charge is 0.426 e. The van der Waals surface area contributed by atoms with E-state index in [1.807, 2.05) is 0 Å². The maximum Gasteiger partial charge on any atom is 0.426 e. The number of ether oxygens (including phenoxy) is 1. The highest BCUT2D eigenvalue weighted by atomic mass is 32.2. The van der Waals surface area contributed by atoms with E-state index in [-0.39, 0.29) is 55.2 Å².